The van der Waals surface area contributed by atoms with Crippen molar-refractivity contribution in [3.63, 3.8) is 0 Å². The number of para-hydroxylation sites is 1. The Kier molecular flexibility index (Phi) is 9.82. The summed E-state index contributed by atoms with van der Waals surface area (Å²) in [6.45, 7) is 4.80. The molecule has 2 fully saturated rings. The van der Waals surface area contributed by atoms with Gasteiger partial charge in [-0.15, -0.1) is 0 Å². The Labute approximate surface area is 243 Å². The Morgan fingerprint density at radius 1 is 0.975 bits per heavy atom. The molecule has 0 bridgehead atoms. The molecule has 1 aliphatic heterocycles. The van der Waals surface area contributed by atoms with Crippen LogP contribution >= 0.6 is 11.6 Å². The number of aromatic amines is 1. The van der Waals surface area contributed by atoms with Crippen LogP contribution in [-0.4, -0.2) is 58.8 Å². The van der Waals surface area contributed by atoms with E-state index in [4.69, 9.17) is 11.6 Å². The fraction of sp³-hybridized carbons (Fsp3) is 0.515. The molecule has 1 atom stereocenters. The van der Waals surface area contributed by atoms with Gasteiger partial charge < -0.3 is 15.2 Å². The Bertz CT molecular complexity index is 1280. The van der Waals surface area contributed by atoms with Gasteiger partial charge in [0.15, 0.2) is 0 Å². The highest BCUT2D eigenvalue weighted by Crippen LogP contribution is 2.35. The number of hydrogen-bond donors (Lipinski definition) is 2. The van der Waals surface area contributed by atoms with Crippen molar-refractivity contribution >= 4 is 34.3 Å². The largest absolute Gasteiger partial charge is 0.361 e. The summed E-state index contributed by atoms with van der Waals surface area (Å²) < 4.78 is 0. The summed E-state index contributed by atoms with van der Waals surface area (Å²) >= 11 is 6.43. The Morgan fingerprint density at radius 2 is 1.68 bits per heavy atom. The van der Waals surface area contributed by atoms with Gasteiger partial charge in [-0.2, -0.15) is 0 Å². The molecule has 2 aliphatic rings. The number of amides is 2. The molecular formula is C33H43ClN4O2. The van der Waals surface area contributed by atoms with Gasteiger partial charge in [0.25, 0.3) is 0 Å². The number of H-pyrrole nitrogens is 1. The van der Waals surface area contributed by atoms with Crippen LogP contribution in [0.1, 0.15) is 63.0 Å². The van der Waals surface area contributed by atoms with Crippen LogP contribution in [0.25, 0.3) is 10.9 Å². The highest BCUT2D eigenvalue weighted by atomic mass is 35.5. The van der Waals surface area contributed by atoms with Crippen LogP contribution in [0.2, 0.25) is 5.02 Å². The molecule has 2 amide bonds. The molecule has 5 rings (SSSR count). The highest BCUT2D eigenvalue weighted by molar-refractivity contribution is 6.31. The van der Waals surface area contributed by atoms with E-state index in [-0.39, 0.29) is 17.9 Å². The molecule has 1 aliphatic carbocycles. The van der Waals surface area contributed by atoms with Gasteiger partial charge in [0.05, 0.1) is 12.6 Å². The first-order chi connectivity index (χ1) is 19.5. The van der Waals surface area contributed by atoms with Gasteiger partial charge in [-0.3, -0.25) is 14.5 Å². The Balaban J connectivity index is 1.24. The SMILES string of the molecule is CC(=O)N(Cc1ccccc1Cl)CC(Cc1c[nH]c2ccccc12)NC(=O)CN1CCC(C2CCCCC2)CC1. The minimum absolute atomic E-state index is 0.0298. The van der Waals surface area contributed by atoms with E-state index in [0.717, 1.165) is 47.0 Å². The van der Waals surface area contributed by atoms with E-state index in [1.54, 1.807) is 11.8 Å². The fourth-order valence-electron chi connectivity index (χ4n) is 6.79. The number of halogens is 1. The molecule has 2 aromatic carbocycles. The van der Waals surface area contributed by atoms with E-state index in [1.807, 2.05) is 42.6 Å². The van der Waals surface area contributed by atoms with E-state index in [0.29, 0.717) is 31.1 Å². The lowest BCUT2D eigenvalue weighted by atomic mass is 9.76. The average Bonchev–Trinajstić information content (AvgIpc) is 3.37. The van der Waals surface area contributed by atoms with E-state index >= 15 is 0 Å². The summed E-state index contributed by atoms with van der Waals surface area (Å²) in [5.41, 5.74) is 3.11. The third kappa shape index (κ3) is 7.46. The topological polar surface area (TPSA) is 68.4 Å². The Hall–Kier alpha value is -2.83. The average molecular weight is 563 g/mol. The van der Waals surface area contributed by atoms with E-state index in [1.165, 1.54) is 44.9 Å². The van der Waals surface area contributed by atoms with Crippen molar-refractivity contribution in [3.05, 3.63) is 70.9 Å². The zero-order chi connectivity index (χ0) is 27.9. The normalized spacial score (nSPS) is 18.1. The number of piperidine rings is 1. The van der Waals surface area contributed by atoms with Crippen molar-refractivity contribution in [2.24, 2.45) is 11.8 Å². The summed E-state index contributed by atoms with van der Waals surface area (Å²) in [4.78, 5) is 33.6. The van der Waals surface area contributed by atoms with Gasteiger partial charge >= 0.3 is 0 Å². The Morgan fingerprint density at radius 3 is 2.42 bits per heavy atom. The fourth-order valence-corrected chi connectivity index (χ4v) is 6.99. The molecule has 1 saturated heterocycles. The van der Waals surface area contributed by atoms with Crippen molar-refractivity contribution < 1.29 is 9.59 Å². The van der Waals surface area contributed by atoms with Crippen LogP contribution in [-0.2, 0) is 22.6 Å². The molecule has 1 saturated carbocycles. The minimum atomic E-state index is -0.224. The second kappa shape index (κ2) is 13.7. The molecule has 6 nitrogen and oxygen atoms in total. The first kappa shape index (κ1) is 28.7. The molecule has 0 radical (unpaired) electrons. The van der Waals surface area contributed by atoms with Crippen LogP contribution in [0.5, 0.6) is 0 Å². The third-order valence-corrected chi connectivity index (χ3v) is 9.40. The molecule has 2 N–H and O–H groups in total. The first-order valence-electron chi connectivity index (χ1n) is 15.0. The molecule has 1 unspecified atom stereocenters. The maximum absolute atomic E-state index is 13.4. The van der Waals surface area contributed by atoms with Crippen LogP contribution < -0.4 is 5.32 Å². The van der Waals surface area contributed by atoms with Crippen molar-refractivity contribution in [2.75, 3.05) is 26.2 Å². The second-order valence-electron chi connectivity index (χ2n) is 11.8. The number of carbonyl (C=O) groups excluding carboxylic acids is 2. The summed E-state index contributed by atoms with van der Waals surface area (Å²) in [6, 6.07) is 15.6. The number of hydrogen-bond acceptors (Lipinski definition) is 3. The van der Waals surface area contributed by atoms with Crippen molar-refractivity contribution in [1.29, 1.82) is 0 Å². The predicted molar refractivity (Wildman–Crippen MR) is 162 cm³/mol. The lowest BCUT2D eigenvalue weighted by Gasteiger charge is -2.37. The second-order valence-corrected chi connectivity index (χ2v) is 12.2. The standard InChI is InChI=1S/C33H43ClN4O2/c1-24(39)38(21-27-11-5-7-13-31(27)34)22-29(19-28-20-35-32-14-8-6-12-30(28)32)36-33(40)23-37-17-15-26(16-18-37)25-9-3-2-4-10-25/h5-8,11-14,20,25-26,29,35H,2-4,9-10,15-19,21-23H2,1H3,(H,36,40). The van der Waals surface area contributed by atoms with E-state index < -0.39 is 0 Å². The molecule has 40 heavy (non-hydrogen) atoms. The molecule has 214 valence electrons. The number of fused-ring (bicyclic) bond motifs is 1. The van der Waals surface area contributed by atoms with Gasteiger partial charge in [0.2, 0.25) is 11.8 Å². The van der Waals surface area contributed by atoms with Gasteiger partial charge in [-0.1, -0.05) is 80.1 Å². The number of nitrogens with zero attached hydrogens (tertiary/aromatic N) is 2. The lowest BCUT2D eigenvalue weighted by Crippen LogP contribution is -2.50. The quantitative estimate of drug-likeness (QED) is 0.309. The first-order valence-corrected chi connectivity index (χ1v) is 15.4. The molecule has 2 heterocycles. The summed E-state index contributed by atoms with van der Waals surface area (Å²) in [7, 11) is 0. The van der Waals surface area contributed by atoms with Crippen molar-refractivity contribution in [1.82, 2.24) is 20.1 Å². The third-order valence-electron chi connectivity index (χ3n) is 9.03. The summed E-state index contributed by atoms with van der Waals surface area (Å²) in [5, 5.41) is 5.09. The van der Waals surface area contributed by atoms with Crippen LogP contribution in [0.15, 0.2) is 54.7 Å². The van der Waals surface area contributed by atoms with Crippen LogP contribution in [0.4, 0.5) is 0 Å². The number of benzene rings is 2. The number of rotatable bonds is 10. The lowest BCUT2D eigenvalue weighted by molar-refractivity contribution is -0.131. The smallest absolute Gasteiger partial charge is 0.234 e. The number of aromatic nitrogens is 1. The maximum atomic E-state index is 13.4. The van der Waals surface area contributed by atoms with E-state index in [2.05, 4.69) is 27.3 Å². The van der Waals surface area contributed by atoms with Gasteiger partial charge in [-0.25, -0.2) is 0 Å². The number of likely N-dealkylation sites (tertiary alicyclic amines) is 1. The predicted octanol–water partition coefficient (Wildman–Crippen LogP) is 6.19. The summed E-state index contributed by atoms with van der Waals surface area (Å²) in [5.74, 6) is 1.70. The van der Waals surface area contributed by atoms with Crippen molar-refractivity contribution in [2.45, 2.75) is 70.9 Å². The van der Waals surface area contributed by atoms with Crippen LogP contribution in [0, 0.1) is 11.8 Å². The monoisotopic (exact) mass is 562 g/mol. The highest BCUT2D eigenvalue weighted by Gasteiger charge is 2.29. The van der Waals surface area contributed by atoms with Gasteiger partial charge in [0, 0.05) is 42.1 Å². The molecule has 7 heteroatoms. The number of carbonyl (C=O) groups is 2. The molecule has 3 aromatic rings. The van der Waals surface area contributed by atoms with Crippen LogP contribution in [0.3, 0.4) is 0 Å². The zero-order valence-corrected chi connectivity index (χ0v) is 24.5. The molecular weight excluding hydrogens is 520 g/mol. The molecule has 0 spiro atoms. The number of nitrogens with one attached hydrogen (secondary N) is 2. The van der Waals surface area contributed by atoms with E-state index in [9.17, 15) is 9.59 Å². The van der Waals surface area contributed by atoms with Crippen molar-refractivity contribution in [3.8, 4) is 0 Å². The minimum Gasteiger partial charge on any atom is -0.361 e. The van der Waals surface area contributed by atoms with Gasteiger partial charge in [0.1, 0.15) is 0 Å². The maximum Gasteiger partial charge on any atom is 0.234 e. The molecule has 1 aromatic heterocycles. The van der Waals surface area contributed by atoms with Gasteiger partial charge in [-0.05, 0) is 67.4 Å². The summed E-state index contributed by atoms with van der Waals surface area (Å²) in [6.07, 6.45) is 12.0. The zero-order valence-electron chi connectivity index (χ0n) is 23.7.